The Labute approximate surface area is 182 Å². The van der Waals surface area contributed by atoms with Crippen molar-refractivity contribution in [1.29, 1.82) is 0 Å². The number of para-hydroxylation sites is 1. The van der Waals surface area contributed by atoms with E-state index in [0.717, 1.165) is 11.3 Å². The molecule has 2 aromatic heterocycles. The SMILES string of the molecule is O=c1on(-c2ccc(Oc3ccccc3)cc2)c(-c2ccncc2)c1-c1ccc(F)cc1. The number of pyridine rings is 1. The number of halogens is 1. The molecule has 0 aliphatic heterocycles. The maximum atomic E-state index is 13.5. The highest BCUT2D eigenvalue weighted by Crippen LogP contribution is 2.33. The fraction of sp³-hybridized carbons (Fsp3) is 0. The van der Waals surface area contributed by atoms with Gasteiger partial charge in [-0.15, -0.1) is 0 Å². The lowest BCUT2D eigenvalue weighted by molar-refractivity contribution is 0.327. The van der Waals surface area contributed by atoms with Crippen LogP contribution < -0.4 is 10.4 Å². The molecule has 0 bridgehead atoms. The molecule has 0 aliphatic carbocycles. The van der Waals surface area contributed by atoms with Gasteiger partial charge < -0.3 is 9.26 Å². The number of hydrogen-bond donors (Lipinski definition) is 0. The normalized spacial score (nSPS) is 10.8. The Morgan fingerprint density at radius 2 is 1.41 bits per heavy atom. The summed E-state index contributed by atoms with van der Waals surface area (Å²) in [5.41, 5.74) is 2.33. The van der Waals surface area contributed by atoms with E-state index in [1.54, 1.807) is 60.9 Å². The van der Waals surface area contributed by atoms with Crippen LogP contribution in [0.5, 0.6) is 11.5 Å². The molecule has 5 aromatic rings. The van der Waals surface area contributed by atoms with Crippen molar-refractivity contribution in [3.63, 3.8) is 0 Å². The first-order chi connectivity index (χ1) is 15.7. The molecule has 32 heavy (non-hydrogen) atoms. The van der Waals surface area contributed by atoms with Crippen LogP contribution in [0.15, 0.2) is 113 Å². The molecule has 0 atom stereocenters. The van der Waals surface area contributed by atoms with Crippen molar-refractivity contribution in [2.75, 3.05) is 0 Å². The lowest BCUT2D eigenvalue weighted by Gasteiger charge is -2.10. The first-order valence-electron chi connectivity index (χ1n) is 9.95. The van der Waals surface area contributed by atoms with Crippen molar-refractivity contribution in [2.24, 2.45) is 0 Å². The Balaban J connectivity index is 1.60. The molecule has 0 saturated carbocycles. The Morgan fingerprint density at radius 1 is 0.750 bits per heavy atom. The van der Waals surface area contributed by atoms with Crippen molar-refractivity contribution >= 4 is 0 Å². The monoisotopic (exact) mass is 424 g/mol. The second kappa shape index (κ2) is 8.35. The minimum Gasteiger partial charge on any atom is -0.457 e. The Hall–Kier alpha value is -4.45. The standard InChI is InChI=1S/C26H17FN2O3/c27-20-8-6-18(7-9-20)24-25(19-14-16-28-17-15-19)29(32-26(24)30)21-10-12-23(13-11-21)31-22-4-2-1-3-5-22/h1-17H. The number of benzene rings is 3. The summed E-state index contributed by atoms with van der Waals surface area (Å²) in [4.78, 5) is 16.9. The van der Waals surface area contributed by atoms with Gasteiger partial charge in [0, 0.05) is 18.0 Å². The fourth-order valence-electron chi connectivity index (χ4n) is 3.47. The van der Waals surface area contributed by atoms with Gasteiger partial charge in [0.25, 0.3) is 0 Å². The quantitative estimate of drug-likeness (QED) is 0.343. The number of rotatable bonds is 5. The molecule has 0 saturated heterocycles. The Bertz CT molecular complexity index is 1390. The van der Waals surface area contributed by atoms with E-state index < -0.39 is 5.63 Å². The summed E-state index contributed by atoms with van der Waals surface area (Å²) in [7, 11) is 0. The van der Waals surface area contributed by atoms with Gasteiger partial charge in [0.1, 0.15) is 23.0 Å². The molecule has 0 N–H and O–H groups in total. The van der Waals surface area contributed by atoms with Crippen molar-refractivity contribution in [1.82, 2.24) is 9.72 Å². The smallest absolute Gasteiger partial charge is 0.366 e. The summed E-state index contributed by atoms with van der Waals surface area (Å²) in [5.74, 6) is 1.000. The summed E-state index contributed by atoms with van der Waals surface area (Å²) in [5, 5.41) is 0. The van der Waals surface area contributed by atoms with E-state index in [1.165, 1.54) is 16.9 Å². The fourth-order valence-corrected chi connectivity index (χ4v) is 3.47. The predicted octanol–water partition coefficient (Wildman–Crippen LogP) is 6.09. The largest absolute Gasteiger partial charge is 0.457 e. The van der Waals surface area contributed by atoms with Crippen LogP contribution in [0.4, 0.5) is 4.39 Å². The van der Waals surface area contributed by atoms with Crippen LogP contribution in [0, 0.1) is 5.82 Å². The van der Waals surface area contributed by atoms with Crippen molar-refractivity contribution in [3.05, 3.63) is 120 Å². The van der Waals surface area contributed by atoms with Gasteiger partial charge in [-0.3, -0.25) is 4.98 Å². The van der Waals surface area contributed by atoms with Gasteiger partial charge in [-0.05, 0) is 66.2 Å². The molecule has 0 amide bonds. The molecule has 5 nitrogen and oxygen atoms in total. The van der Waals surface area contributed by atoms with Crippen LogP contribution in [-0.4, -0.2) is 9.72 Å². The number of aromatic nitrogens is 2. The first kappa shape index (κ1) is 19.5. The third-order valence-electron chi connectivity index (χ3n) is 4.96. The van der Waals surface area contributed by atoms with Gasteiger partial charge in [0.05, 0.1) is 11.3 Å². The van der Waals surface area contributed by atoms with Gasteiger partial charge in [0.15, 0.2) is 0 Å². The highest BCUT2D eigenvalue weighted by atomic mass is 19.1. The third-order valence-corrected chi connectivity index (χ3v) is 4.96. The first-order valence-corrected chi connectivity index (χ1v) is 9.95. The molecular formula is C26H17FN2O3. The van der Waals surface area contributed by atoms with Crippen LogP contribution in [0.2, 0.25) is 0 Å². The highest BCUT2D eigenvalue weighted by Gasteiger charge is 2.22. The summed E-state index contributed by atoms with van der Waals surface area (Å²) in [6, 6.07) is 26.0. The van der Waals surface area contributed by atoms with Crippen molar-refractivity contribution in [3.8, 4) is 39.6 Å². The molecule has 0 spiro atoms. The van der Waals surface area contributed by atoms with E-state index in [0.29, 0.717) is 28.3 Å². The molecule has 156 valence electrons. The van der Waals surface area contributed by atoms with Crippen LogP contribution in [0.3, 0.4) is 0 Å². The lowest BCUT2D eigenvalue weighted by atomic mass is 10.0. The molecule has 0 aliphatic rings. The van der Waals surface area contributed by atoms with E-state index in [4.69, 9.17) is 9.26 Å². The third kappa shape index (κ3) is 3.81. The van der Waals surface area contributed by atoms with E-state index in [-0.39, 0.29) is 5.82 Å². The average molecular weight is 424 g/mol. The molecule has 2 heterocycles. The molecule has 0 radical (unpaired) electrons. The van der Waals surface area contributed by atoms with Crippen LogP contribution in [0.25, 0.3) is 28.1 Å². The lowest BCUT2D eigenvalue weighted by Crippen LogP contribution is -1.97. The summed E-state index contributed by atoms with van der Waals surface area (Å²) in [6.45, 7) is 0. The van der Waals surface area contributed by atoms with Crippen LogP contribution in [-0.2, 0) is 0 Å². The maximum absolute atomic E-state index is 13.5. The molecule has 0 fully saturated rings. The Morgan fingerprint density at radius 3 is 2.09 bits per heavy atom. The van der Waals surface area contributed by atoms with Crippen molar-refractivity contribution < 1.29 is 13.7 Å². The zero-order valence-electron chi connectivity index (χ0n) is 16.8. The minimum atomic E-state index is -0.520. The van der Waals surface area contributed by atoms with Crippen LogP contribution in [0.1, 0.15) is 0 Å². The van der Waals surface area contributed by atoms with E-state index in [1.807, 2.05) is 30.3 Å². The summed E-state index contributed by atoms with van der Waals surface area (Å²) in [6.07, 6.45) is 3.28. The van der Waals surface area contributed by atoms with Crippen LogP contribution >= 0.6 is 0 Å². The molecule has 0 unspecified atom stereocenters. The molecule has 6 heteroatoms. The van der Waals surface area contributed by atoms with Gasteiger partial charge in [-0.2, -0.15) is 4.74 Å². The molecule has 3 aromatic carbocycles. The summed E-state index contributed by atoms with van der Waals surface area (Å²) >= 11 is 0. The van der Waals surface area contributed by atoms with E-state index in [9.17, 15) is 9.18 Å². The van der Waals surface area contributed by atoms with Gasteiger partial charge in [0.2, 0.25) is 0 Å². The van der Waals surface area contributed by atoms with Gasteiger partial charge >= 0.3 is 5.63 Å². The molecule has 5 rings (SSSR count). The average Bonchev–Trinajstić information content (AvgIpc) is 3.18. The number of hydrogen-bond acceptors (Lipinski definition) is 4. The maximum Gasteiger partial charge on any atom is 0.366 e. The van der Waals surface area contributed by atoms with Crippen molar-refractivity contribution in [2.45, 2.75) is 0 Å². The van der Waals surface area contributed by atoms with E-state index >= 15 is 0 Å². The van der Waals surface area contributed by atoms with E-state index in [2.05, 4.69) is 4.98 Å². The second-order valence-electron chi connectivity index (χ2n) is 7.05. The minimum absolute atomic E-state index is 0.348. The number of nitrogens with zero attached hydrogens (tertiary/aromatic N) is 2. The Kier molecular flexibility index (Phi) is 5.09. The second-order valence-corrected chi connectivity index (χ2v) is 7.05. The number of ether oxygens (including phenoxy) is 1. The van der Waals surface area contributed by atoms with Gasteiger partial charge in [-0.1, -0.05) is 30.3 Å². The topological polar surface area (TPSA) is 57.3 Å². The zero-order valence-corrected chi connectivity index (χ0v) is 16.8. The summed E-state index contributed by atoms with van der Waals surface area (Å²) < 4.78 is 26.4. The highest BCUT2D eigenvalue weighted by molar-refractivity contribution is 5.81. The van der Waals surface area contributed by atoms with Gasteiger partial charge in [-0.25, -0.2) is 9.18 Å². The predicted molar refractivity (Wildman–Crippen MR) is 119 cm³/mol. The zero-order chi connectivity index (χ0) is 21.9. The molecular weight excluding hydrogens is 407 g/mol.